The Morgan fingerprint density at radius 3 is 2.84 bits per heavy atom. The first kappa shape index (κ1) is 22.6. The number of nitrogens with zero attached hydrogens (tertiary/aromatic N) is 3. The zero-order valence-corrected chi connectivity index (χ0v) is 19.2. The fourth-order valence-corrected chi connectivity index (χ4v) is 5.02. The van der Waals surface area contributed by atoms with Crippen molar-refractivity contribution in [3.63, 3.8) is 0 Å². The number of aliphatic hydroxyl groups is 1. The van der Waals surface area contributed by atoms with Gasteiger partial charge in [0.25, 0.3) is 0 Å². The molecule has 4 heterocycles. The molecule has 9 heteroatoms. The molecular weight excluding hydrogens is 446 g/mol. The first-order valence-corrected chi connectivity index (χ1v) is 11.9. The summed E-state index contributed by atoms with van der Waals surface area (Å²) in [5, 5.41) is 16.7. The Kier molecular flexibility index (Phi) is 7.68. The van der Waals surface area contributed by atoms with Crippen LogP contribution in [0.3, 0.4) is 0 Å². The summed E-state index contributed by atoms with van der Waals surface area (Å²) in [5.74, 6) is 1.43. The number of aliphatic hydroxyl groups excluding tert-OH is 1. The quantitative estimate of drug-likeness (QED) is 0.562. The zero-order chi connectivity index (χ0) is 22.3. The van der Waals surface area contributed by atoms with Crippen LogP contribution in [0.25, 0.3) is 4.91 Å². The van der Waals surface area contributed by atoms with Gasteiger partial charge in [-0.15, -0.1) is 0 Å². The molecule has 0 aliphatic carbocycles. The molecule has 0 spiro atoms. The minimum Gasteiger partial charge on any atom is -0.395 e. The summed E-state index contributed by atoms with van der Waals surface area (Å²) in [4.78, 5) is 24.7. The van der Waals surface area contributed by atoms with Crippen molar-refractivity contribution in [1.82, 2.24) is 20.2 Å². The molecule has 2 aromatic heterocycles. The van der Waals surface area contributed by atoms with Crippen LogP contribution in [0.2, 0.25) is 5.02 Å². The van der Waals surface area contributed by atoms with E-state index in [2.05, 4.69) is 32.7 Å². The molecule has 3 N–H and O–H groups in total. The minimum absolute atomic E-state index is 0.0199. The number of hydrogen-bond acceptors (Lipinski definition) is 7. The van der Waals surface area contributed by atoms with Crippen molar-refractivity contribution in [2.75, 3.05) is 31.6 Å². The fourth-order valence-electron chi connectivity index (χ4n) is 3.74. The maximum atomic E-state index is 12.2. The second kappa shape index (κ2) is 10.8. The third-order valence-electron chi connectivity index (χ3n) is 5.38. The Hall–Kier alpha value is -2.55. The van der Waals surface area contributed by atoms with Crippen LogP contribution in [0, 0.1) is 5.92 Å². The van der Waals surface area contributed by atoms with Crippen LogP contribution in [-0.4, -0.2) is 52.1 Å². The first-order valence-electron chi connectivity index (χ1n) is 10.7. The molecule has 4 rings (SSSR count). The van der Waals surface area contributed by atoms with Gasteiger partial charge < -0.3 is 20.6 Å². The molecule has 168 valence electrons. The molecule has 0 aromatic carbocycles. The normalized spacial score (nSPS) is 16.9. The maximum Gasteiger partial charge on any atom is 0.223 e. The van der Waals surface area contributed by atoms with E-state index in [1.54, 1.807) is 30.1 Å². The molecular formula is C23H26ClN5O2S. The van der Waals surface area contributed by atoms with E-state index in [1.165, 1.54) is 5.03 Å². The maximum absolute atomic E-state index is 12.2. The number of pyridine rings is 2. The summed E-state index contributed by atoms with van der Waals surface area (Å²) in [7, 11) is 0. The number of piperidine rings is 1. The number of thioether (sulfide) groups is 1. The number of halogens is 1. The standard InChI is InChI=1S/C23H26ClN5O2S/c24-17-7-10-25-21(15-17)28-20-5-1-3-18(27-20)19-4-2-6-22(32-19)29-12-8-16(9-13-29)23(31)26-11-14-30/h1,3-7,10,15-16,30H,2,8-9,11-14H2,(H,26,31)(H,25,27,28). The predicted octanol–water partition coefficient (Wildman–Crippen LogP) is 4.01. The SMILES string of the molecule is O=C(NCCO)C1CCN(C2=CCC=C(c3cccc(Nc4cc(Cl)ccn4)n3)S2)CC1. The molecule has 0 saturated carbocycles. The summed E-state index contributed by atoms with van der Waals surface area (Å²) in [6.07, 6.45) is 8.57. The van der Waals surface area contributed by atoms with Gasteiger partial charge in [-0.1, -0.05) is 41.6 Å². The van der Waals surface area contributed by atoms with Gasteiger partial charge in [-0.3, -0.25) is 4.79 Å². The highest BCUT2D eigenvalue weighted by atomic mass is 35.5. The highest BCUT2D eigenvalue weighted by Crippen LogP contribution is 2.40. The number of anilines is 2. The van der Waals surface area contributed by atoms with E-state index in [0.29, 0.717) is 23.2 Å². The monoisotopic (exact) mass is 471 g/mol. The van der Waals surface area contributed by atoms with E-state index in [-0.39, 0.29) is 18.4 Å². The second-order valence-corrected chi connectivity index (χ2v) is 9.12. The lowest BCUT2D eigenvalue weighted by Crippen LogP contribution is -2.40. The topological polar surface area (TPSA) is 90.4 Å². The van der Waals surface area contributed by atoms with Gasteiger partial charge >= 0.3 is 0 Å². The Balaban J connectivity index is 1.36. The molecule has 2 aliphatic heterocycles. The average Bonchev–Trinajstić information content (AvgIpc) is 2.83. The number of aromatic nitrogens is 2. The van der Waals surface area contributed by atoms with E-state index in [9.17, 15) is 4.79 Å². The molecule has 0 atom stereocenters. The van der Waals surface area contributed by atoms with Crippen LogP contribution in [-0.2, 0) is 4.79 Å². The molecule has 0 bridgehead atoms. The second-order valence-electron chi connectivity index (χ2n) is 7.62. The first-order chi connectivity index (χ1) is 15.6. The van der Waals surface area contributed by atoms with Crippen molar-refractivity contribution >= 4 is 45.8 Å². The van der Waals surface area contributed by atoms with Crippen LogP contribution >= 0.6 is 23.4 Å². The van der Waals surface area contributed by atoms with Gasteiger partial charge in [-0.25, -0.2) is 9.97 Å². The summed E-state index contributed by atoms with van der Waals surface area (Å²) < 4.78 is 0. The van der Waals surface area contributed by atoms with Gasteiger partial charge in [-0.05, 0) is 43.5 Å². The Labute approximate surface area is 197 Å². The van der Waals surface area contributed by atoms with Crippen LogP contribution < -0.4 is 10.6 Å². The third-order valence-corrected chi connectivity index (χ3v) is 6.84. The van der Waals surface area contributed by atoms with Crippen molar-refractivity contribution in [2.45, 2.75) is 19.3 Å². The zero-order valence-electron chi connectivity index (χ0n) is 17.6. The van der Waals surface area contributed by atoms with Crippen LogP contribution in [0.1, 0.15) is 25.0 Å². The molecule has 0 radical (unpaired) electrons. The van der Waals surface area contributed by atoms with E-state index in [1.807, 2.05) is 18.2 Å². The summed E-state index contributed by atoms with van der Waals surface area (Å²) in [6.45, 7) is 1.99. The fraction of sp³-hybridized carbons (Fsp3) is 0.348. The molecule has 1 amide bonds. The van der Waals surface area contributed by atoms with E-state index < -0.39 is 0 Å². The van der Waals surface area contributed by atoms with Gasteiger partial charge in [0.05, 0.1) is 17.3 Å². The van der Waals surface area contributed by atoms with Crippen molar-refractivity contribution in [3.8, 4) is 0 Å². The van der Waals surface area contributed by atoms with Crippen molar-refractivity contribution in [2.24, 2.45) is 5.92 Å². The molecule has 2 aliphatic rings. The molecule has 32 heavy (non-hydrogen) atoms. The highest BCUT2D eigenvalue weighted by Gasteiger charge is 2.27. The van der Waals surface area contributed by atoms with Gasteiger partial charge in [0.1, 0.15) is 11.6 Å². The summed E-state index contributed by atoms with van der Waals surface area (Å²) >= 11 is 7.77. The number of carbonyl (C=O) groups is 1. The van der Waals surface area contributed by atoms with E-state index >= 15 is 0 Å². The molecule has 1 saturated heterocycles. The number of rotatable bonds is 7. The Morgan fingerprint density at radius 1 is 1.22 bits per heavy atom. The number of hydrogen-bond donors (Lipinski definition) is 3. The van der Waals surface area contributed by atoms with E-state index in [4.69, 9.17) is 21.7 Å². The van der Waals surface area contributed by atoms with E-state index in [0.717, 1.165) is 43.0 Å². The molecule has 0 unspecified atom stereocenters. The smallest absolute Gasteiger partial charge is 0.223 e. The van der Waals surface area contributed by atoms with Gasteiger partial charge in [0.2, 0.25) is 5.91 Å². The number of allylic oxidation sites excluding steroid dienone is 2. The third kappa shape index (κ3) is 5.82. The number of amides is 1. The van der Waals surface area contributed by atoms with Gasteiger partial charge in [0.15, 0.2) is 0 Å². The lowest BCUT2D eigenvalue weighted by atomic mass is 9.96. The van der Waals surface area contributed by atoms with Crippen LogP contribution in [0.4, 0.5) is 11.6 Å². The summed E-state index contributed by atoms with van der Waals surface area (Å²) in [5.41, 5.74) is 0.908. The van der Waals surface area contributed by atoms with Crippen LogP contribution in [0.5, 0.6) is 0 Å². The number of likely N-dealkylation sites (tertiary alicyclic amines) is 1. The van der Waals surface area contributed by atoms with Crippen molar-refractivity contribution in [3.05, 3.63) is 64.4 Å². The van der Waals surface area contributed by atoms with Gasteiger partial charge in [0, 0.05) is 41.7 Å². The van der Waals surface area contributed by atoms with Crippen molar-refractivity contribution < 1.29 is 9.90 Å². The van der Waals surface area contributed by atoms with Gasteiger partial charge in [-0.2, -0.15) is 0 Å². The molecule has 7 nitrogen and oxygen atoms in total. The van der Waals surface area contributed by atoms with Crippen LogP contribution in [0.15, 0.2) is 53.7 Å². The van der Waals surface area contributed by atoms with Crippen molar-refractivity contribution in [1.29, 1.82) is 0 Å². The average molecular weight is 472 g/mol. The molecule has 1 fully saturated rings. The highest BCUT2D eigenvalue weighted by molar-refractivity contribution is 8.11. The Bertz CT molecular complexity index is 1020. The molecule has 2 aromatic rings. The lowest BCUT2D eigenvalue weighted by Gasteiger charge is -2.35. The number of nitrogens with one attached hydrogen (secondary N) is 2. The minimum atomic E-state index is -0.0242. The largest absolute Gasteiger partial charge is 0.395 e. The number of carbonyl (C=O) groups excluding carboxylic acids is 1. The predicted molar refractivity (Wildman–Crippen MR) is 129 cm³/mol. The lowest BCUT2D eigenvalue weighted by molar-refractivity contribution is -0.126. The summed E-state index contributed by atoms with van der Waals surface area (Å²) in [6, 6.07) is 9.39. The Morgan fingerprint density at radius 2 is 2.06 bits per heavy atom.